The Hall–Kier alpha value is -12.2. The summed E-state index contributed by atoms with van der Waals surface area (Å²) in [4.78, 5) is 12.2. The molecule has 2 saturated heterocycles. The third-order valence-electron chi connectivity index (χ3n) is 26.0. The van der Waals surface area contributed by atoms with Crippen LogP contribution in [0.2, 0.25) is 0 Å². The molecule has 0 N–H and O–H groups in total. The third-order valence-corrected chi connectivity index (χ3v) is 33.3. The topological polar surface area (TPSA) is 90.0 Å². The van der Waals surface area contributed by atoms with Crippen LogP contribution in [0.3, 0.4) is 0 Å². The number of hydrogen-bond acceptors (Lipinski definition) is 13. The van der Waals surface area contributed by atoms with Crippen molar-refractivity contribution in [1.82, 2.24) is 0 Å². The number of ether oxygens (including phenoxy) is 8. The van der Waals surface area contributed by atoms with Crippen molar-refractivity contribution in [2.45, 2.75) is 155 Å². The van der Waals surface area contributed by atoms with Crippen molar-refractivity contribution in [3.63, 3.8) is 0 Å². The van der Waals surface area contributed by atoms with Crippen LogP contribution in [0, 0.1) is 47.4 Å². The molecule has 15 aromatic carbocycles. The summed E-state index contributed by atoms with van der Waals surface area (Å²) in [5, 5.41) is 12.7. The molecule has 145 heavy (non-hydrogen) atoms. The average Bonchev–Trinajstić information content (AvgIpc) is 0.805. The van der Waals surface area contributed by atoms with Crippen LogP contribution in [0.25, 0.3) is 0 Å². The number of halogens is 1. The highest BCUT2D eigenvalue weighted by molar-refractivity contribution is 7.57. The number of benzene rings is 15. The van der Waals surface area contributed by atoms with Gasteiger partial charge in [-0.1, -0.05) is 291 Å². The SMILES string of the molecule is CCN(CC)c1cccc(C)c1Pc1cc(C)ccc1OCc1ccccc1.CCN(CC)c1cccc(C)c1Pc1cccc(C)c1OCc1ccccc1.CCN(CC)c1cccc(C)c1Pc1ccccc1OCc1ccccc1.COc1cc(OC)c(OCc2ccccc2)c(Pc2ccc(F)cc2N2CCCCC2)c1.COc1ccc(OCc2ccccc2)c(Pc2ccc(C)cc2N2CCCCC2)c1. The maximum absolute atomic E-state index is 14.2. The molecule has 2 heterocycles. The van der Waals surface area contributed by atoms with E-state index in [9.17, 15) is 4.39 Å². The maximum atomic E-state index is 14.2. The Labute approximate surface area is 873 Å². The minimum atomic E-state index is -0.206. The molecule has 0 saturated carbocycles. The summed E-state index contributed by atoms with van der Waals surface area (Å²) in [6.45, 7) is 39.5. The number of rotatable bonds is 39. The van der Waals surface area contributed by atoms with Gasteiger partial charge in [-0.05, 0) is 262 Å². The molecule has 17 rings (SSSR count). The fourth-order valence-electron chi connectivity index (χ4n) is 17.9. The molecule has 19 heteroatoms. The van der Waals surface area contributed by atoms with Gasteiger partial charge in [-0.25, -0.2) is 4.39 Å². The highest BCUT2D eigenvalue weighted by Crippen LogP contribution is 2.39. The van der Waals surface area contributed by atoms with Crippen LogP contribution in [-0.2, 0) is 33.0 Å². The normalized spacial score (nSPS) is 12.4. The Morgan fingerprint density at radius 1 is 0.255 bits per heavy atom. The van der Waals surface area contributed by atoms with Gasteiger partial charge >= 0.3 is 0 Å². The van der Waals surface area contributed by atoms with Crippen LogP contribution in [-0.4, -0.2) is 86.8 Å². The van der Waals surface area contributed by atoms with E-state index >= 15 is 0 Å². The molecule has 0 spiro atoms. The zero-order valence-electron chi connectivity index (χ0n) is 87.5. The molecule has 2 aliphatic heterocycles. The second-order valence-electron chi connectivity index (χ2n) is 36.2. The van der Waals surface area contributed by atoms with E-state index < -0.39 is 0 Å². The second-order valence-corrected chi connectivity index (χ2v) is 42.7. The molecule has 2 fully saturated rings. The van der Waals surface area contributed by atoms with E-state index in [1.807, 2.05) is 97.1 Å². The van der Waals surface area contributed by atoms with Crippen molar-refractivity contribution in [2.24, 2.45) is 0 Å². The number of nitrogens with zero attached hydrogens (tertiary/aromatic N) is 5. The van der Waals surface area contributed by atoms with Crippen LogP contribution < -0.4 is 115 Å². The van der Waals surface area contributed by atoms with Crippen LogP contribution in [0.4, 0.5) is 32.8 Å². The first-order chi connectivity index (χ1) is 70.9. The largest absolute Gasteiger partial charge is 0.497 e. The van der Waals surface area contributed by atoms with E-state index in [1.54, 1.807) is 27.4 Å². The molecule has 0 bridgehead atoms. The molecular formula is C126H147FN5O8P5. The quantitative estimate of drug-likeness (QED) is 0.0343. The van der Waals surface area contributed by atoms with Gasteiger partial charge in [0.1, 0.15) is 73.3 Å². The van der Waals surface area contributed by atoms with Crippen LogP contribution in [0.15, 0.2) is 334 Å². The number of hydrogen-bond donors (Lipinski definition) is 0. The van der Waals surface area contributed by atoms with Gasteiger partial charge < -0.3 is 62.4 Å². The van der Waals surface area contributed by atoms with Crippen molar-refractivity contribution in [3.8, 4) is 46.0 Å². The summed E-state index contributed by atoms with van der Waals surface area (Å²) >= 11 is 0. The predicted molar refractivity (Wildman–Crippen MR) is 627 cm³/mol. The van der Waals surface area contributed by atoms with Gasteiger partial charge in [0.15, 0.2) is 11.5 Å². The van der Waals surface area contributed by atoms with Gasteiger partial charge in [-0.2, -0.15) is 0 Å². The Balaban J connectivity index is 0.000000152. The molecule has 0 aromatic heterocycles. The number of methoxy groups -OCH3 is 3. The molecule has 2 aliphatic rings. The van der Waals surface area contributed by atoms with E-state index in [1.165, 1.54) is 153 Å². The summed E-state index contributed by atoms with van der Waals surface area (Å²) in [7, 11) is 7.49. The van der Waals surface area contributed by atoms with E-state index in [0.29, 0.717) is 84.6 Å². The fraction of sp³-hybridized carbons (Fsp3) is 0.286. The molecule has 0 aliphatic carbocycles. The van der Waals surface area contributed by atoms with Gasteiger partial charge in [0.2, 0.25) is 0 Å². The summed E-state index contributed by atoms with van der Waals surface area (Å²) < 4.78 is 62.1. The number of anilines is 5. The van der Waals surface area contributed by atoms with Gasteiger partial charge in [-0.15, -0.1) is 0 Å². The number of piperidine rings is 2. The second kappa shape index (κ2) is 58.2. The van der Waals surface area contributed by atoms with E-state index in [2.05, 4.69) is 332 Å². The molecule has 5 unspecified atom stereocenters. The first-order valence-corrected chi connectivity index (χ1v) is 56.2. The van der Waals surface area contributed by atoms with Gasteiger partial charge in [0.05, 0.1) is 21.3 Å². The smallest absolute Gasteiger partial charge is 0.169 e. The summed E-state index contributed by atoms with van der Waals surface area (Å²) in [5.74, 6) is 6.63. The average molecular weight is 2030 g/mol. The Morgan fingerprint density at radius 2 is 0.600 bits per heavy atom. The van der Waals surface area contributed by atoms with Crippen molar-refractivity contribution in [2.75, 3.05) is 111 Å². The van der Waals surface area contributed by atoms with Crippen LogP contribution >= 0.6 is 42.9 Å². The molecule has 5 atom stereocenters. The molecule has 0 radical (unpaired) electrons. The first kappa shape index (κ1) is 110. The fourth-order valence-corrected chi connectivity index (χ4v) is 24.9. The summed E-state index contributed by atoms with van der Waals surface area (Å²) in [5.41, 5.74) is 20.0. The van der Waals surface area contributed by atoms with E-state index in [4.69, 9.17) is 37.9 Å². The Kier molecular flexibility index (Phi) is 44.2. The molecule has 0 amide bonds. The summed E-state index contributed by atoms with van der Waals surface area (Å²) in [6.07, 6.45) is 7.40. The minimum absolute atomic E-state index is 0.206. The Morgan fingerprint density at radius 3 is 1.05 bits per heavy atom. The highest BCUT2D eigenvalue weighted by atomic mass is 31.1. The number of para-hydroxylation sites is 2. The minimum Gasteiger partial charge on any atom is -0.497 e. The third kappa shape index (κ3) is 32.4. The maximum Gasteiger partial charge on any atom is 0.169 e. The van der Waals surface area contributed by atoms with Crippen LogP contribution in [0.1, 0.15) is 141 Å². The summed E-state index contributed by atoms with van der Waals surface area (Å²) in [6, 6.07) is 115. The van der Waals surface area contributed by atoms with Crippen molar-refractivity contribution < 1.29 is 42.3 Å². The first-order valence-electron chi connectivity index (χ1n) is 51.2. The van der Waals surface area contributed by atoms with Gasteiger partial charge in [-0.3, -0.25) is 0 Å². The lowest BCUT2D eigenvalue weighted by molar-refractivity contribution is 0.286. The Bertz CT molecular complexity index is 6430. The zero-order chi connectivity index (χ0) is 102. The van der Waals surface area contributed by atoms with Crippen LogP contribution in [0.5, 0.6) is 46.0 Å². The van der Waals surface area contributed by atoms with Crippen molar-refractivity contribution >= 4 is 124 Å². The van der Waals surface area contributed by atoms with Gasteiger partial charge in [0, 0.05) is 153 Å². The monoisotopic (exact) mass is 2030 g/mol. The standard InChI is InChI=1S/C26H29FNO3P.C26H30NO2P.2C25H30NOP.C24H28NOP/c1-29-21-16-23(30-2)26(31-18-19-9-5-3-6-10-19)25(17-21)32-24-12-11-20(27)15-22(24)28-13-7-4-8-14-28;1-20-11-14-25(23(17-20)27-15-7-4-8-16-27)30-26-18-22(28-2)12-13-24(26)29-19-21-9-5-3-6-10-21;1-5-26(6-2)22-16-10-13-20(4)25(22)28-23-17-11-12-19(3)24(23)27-18-21-14-8-7-9-15-21;1-5-26(6-2)22-14-10-11-20(4)25(22)28-24-17-19(3)15-16-23(24)27-18-21-12-8-7-9-13-21;1-4-25(5-2)21-15-11-12-19(3)24(21)27-23-17-10-9-16-22(23)26-18-20-13-7-6-8-14-20/h3,5-6,9-12,15-17,32H,4,7-8,13-14,18H2,1-2H3;3,5-6,9-14,17-18,30H,4,7-8,15-16,19H2,1-2H3;2*7-17,28H,5-6,18H2,1-4H3;6-17,27H,4-5,18H2,1-3H3. The molecular weight excluding hydrogens is 1890 g/mol. The lowest BCUT2D eigenvalue weighted by atomic mass is 10.1. The molecule has 13 nitrogen and oxygen atoms in total. The lowest BCUT2D eigenvalue weighted by Crippen LogP contribution is -2.32. The lowest BCUT2D eigenvalue weighted by Gasteiger charge is -2.31. The van der Waals surface area contributed by atoms with Crippen molar-refractivity contribution in [3.05, 3.63) is 401 Å². The van der Waals surface area contributed by atoms with E-state index in [0.717, 1.165) is 129 Å². The predicted octanol–water partition coefficient (Wildman–Crippen LogP) is 26.0. The molecule has 756 valence electrons. The highest BCUT2D eigenvalue weighted by Gasteiger charge is 2.25. The van der Waals surface area contributed by atoms with E-state index in [-0.39, 0.29) is 14.4 Å². The molecule has 15 aromatic rings. The number of aryl methyl sites for hydroxylation is 6. The zero-order valence-corrected chi connectivity index (χ0v) is 92.5. The van der Waals surface area contributed by atoms with Crippen molar-refractivity contribution in [1.29, 1.82) is 0 Å². The van der Waals surface area contributed by atoms with Gasteiger partial charge in [0.25, 0.3) is 0 Å².